The van der Waals surface area contributed by atoms with Crippen molar-refractivity contribution in [1.82, 2.24) is 5.32 Å². The maximum absolute atomic E-state index is 11.6. The fourth-order valence-electron chi connectivity index (χ4n) is 1.87. The zero-order valence-corrected chi connectivity index (χ0v) is 11.2. The van der Waals surface area contributed by atoms with Gasteiger partial charge in [-0.15, -0.1) is 0 Å². The van der Waals surface area contributed by atoms with Crippen molar-refractivity contribution in [3.8, 4) is 0 Å². The molecule has 1 N–H and O–H groups in total. The van der Waals surface area contributed by atoms with E-state index in [9.17, 15) is 4.79 Å². The first kappa shape index (κ1) is 13.5. The van der Waals surface area contributed by atoms with Gasteiger partial charge in [0.2, 0.25) is 0 Å². The third kappa shape index (κ3) is 5.50. The van der Waals surface area contributed by atoms with Crippen LogP contribution in [-0.4, -0.2) is 23.7 Å². The van der Waals surface area contributed by atoms with Gasteiger partial charge in [-0.2, -0.15) is 0 Å². The number of ether oxygens (including phenoxy) is 1. The minimum Gasteiger partial charge on any atom is -0.460 e. The van der Waals surface area contributed by atoms with E-state index >= 15 is 0 Å². The third-order valence-corrected chi connectivity index (χ3v) is 2.77. The number of rotatable bonds is 5. The summed E-state index contributed by atoms with van der Waals surface area (Å²) in [5.41, 5.74) is -0.376. The van der Waals surface area contributed by atoms with Crippen LogP contribution in [0.1, 0.15) is 53.9 Å². The van der Waals surface area contributed by atoms with Crippen molar-refractivity contribution in [3.63, 3.8) is 0 Å². The fourth-order valence-corrected chi connectivity index (χ4v) is 1.87. The molecule has 0 aromatic carbocycles. The molecule has 0 aromatic rings. The molecule has 1 rings (SSSR count). The molecular weight excluding hydrogens is 202 g/mol. The number of hydrogen-bond acceptors (Lipinski definition) is 3. The summed E-state index contributed by atoms with van der Waals surface area (Å²) in [6, 6.07) is 0.725. The zero-order valence-electron chi connectivity index (χ0n) is 11.2. The smallest absolute Gasteiger partial charge is 0.307 e. The van der Waals surface area contributed by atoms with E-state index in [4.69, 9.17) is 4.74 Å². The van der Waals surface area contributed by atoms with Gasteiger partial charge in [-0.05, 0) is 53.4 Å². The predicted octanol–water partition coefficient (Wildman–Crippen LogP) is 2.49. The van der Waals surface area contributed by atoms with E-state index < -0.39 is 0 Å². The van der Waals surface area contributed by atoms with Crippen LogP contribution >= 0.6 is 0 Å². The summed E-state index contributed by atoms with van der Waals surface area (Å²) in [7, 11) is 0. The van der Waals surface area contributed by atoms with Gasteiger partial charge in [-0.1, -0.05) is 0 Å². The first-order chi connectivity index (χ1) is 7.28. The Kier molecular flexibility index (Phi) is 4.36. The molecule has 1 fully saturated rings. The van der Waals surface area contributed by atoms with E-state index in [1.165, 1.54) is 12.8 Å². The summed E-state index contributed by atoms with van der Waals surface area (Å²) in [6.45, 7) is 9.94. The molecule has 1 saturated carbocycles. The van der Waals surface area contributed by atoms with Crippen LogP contribution in [0.15, 0.2) is 0 Å². The highest BCUT2D eigenvalue weighted by atomic mass is 16.6. The molecule has 0 aromatic heterocycles. The van der Waals surface area contributed by atoms with Crippen LogP contribution < -0.4 is 5.32 Å². The summed E-state index contributed by atoms with van der Waals surface area (Å²) >= 11 is 0. The largest absolute Gasteiger partial charge is 0.460 e. The lowest BCUT2D eigenvalue weighted by molar-refractivity contribution is -0.155. The molecule has 0 amide bonds. The maximum Gasteiger partial charge on any atom is 0.307 e. The molecule has 0 heterocycles. The zero-order chi connectivity index (χ0) is 12.3. The van der Waals surface area contributed by atoms with Gasteiger partial charge in [0, 0.05) is 12.1 Å². The Labute approximate surface area is 98.9 Å². The quantitative estimate of drug-likeness (QED) is 0.733. The van der Waals surface area contributed by atoms with Crippen LogP contribution in [0.25, 0.3) is 0 Å². The highest BCUT2D eigenvalue weighted by Crippen LogP contribution is 2.32. The van der Waals surface area contributed by atoms with Gasteiger partial charge in [-0.3, -0.25) is 4.79 Å². The second-order valence-corrected chi connectivity index (χ2v) is 5.98. The van der Waals surface area contributed by atoms with Crippen molar-refractivity contribution < 1.29 is 9.53 Å². The van der Waals surface area contributed by atoms with Crippen LogP contribution in [0.2, 0.25) is 0 Å². The molecule has 2 unspecified atom stereocenters. The Morgan fingerprint density at radius 3 is 2.38 bits per heavy atom. The molecule has 0 saturated heterocycles. The number of esters is 1. The predicted molar refractivity (Wildman–Crippen MR) is 65.2 cm³/mol. The summed E-state index contributed by atoms with van der Waals surface area (Å²) in [5.74, 6) is 0.705. The highest BCUT2D eigenvalue weighted by molar-refractivity contribution is 5.70. The lowest BCUT2D eigenvalue weighted by Gasteiger charge is -2.23. The van der Waals surface area contributed by atoms with Gasteiger partial charge >= 0.3 is 5.97 Å². The average molecular weight is 227 g/mol. The number of hydrogen-bond donors (Lipinski definition) is 1. The van der Waals surface area contributed by atoms with Crippen LogP contribution in [0.5, 0.6) is 0 Å². The Morgan fingerprint density at radius 1 is 1.38 bits per heavy atom. The second-order valence-electron chi connectivity index (χ2n) is 5.98. The second kappa shape index (κ2) is 5.17. The normalized spacial score (nSPS) is 20.3. The molecule has 1 aliphatic carbocycles. The first-order valence-electron chi connectivity index (χ1n) is 6.26. The van der Waals surface area contributed by atoms with Crippen LogP contribution in [0.4, 0.5) is 0 Å². The third-order valence-electron chi connectivity index (χ3n) is 2.77. The summed E-state index contributed by atoms with van der Waals surface area (Å²) in [4.78, 5) is 11.6. The van der Waals surface area contributed by atoms with Gasteiger partial charge in [0.05, 0.1) is 6.42 Å². The van der Waals surface area contributed by atoms with Gasteiger partial charge in [-0.25, -0.2) is 0 Å². The van der Waals surface area contributed by atoms with Gasteiger partial charge < -0.3 is 10.1 Å². The Morgan fingerprint density at radius 2 is 1.94 bits per heavy atom. The molecule has 0 aliphatic heterocycles. The number of carbonyl (C=O) groups excluding carboxylic acids is 1. The fraction of sp³-hybridized carbons (Fsp3) is 0.923. The minimum atomic E-state index is -0.376. The van der Waals surface area contributed by atoms with Crippen LogP contribution in [0.3, 0.4) is 0 Å². The van der Waals surface area contributed by atoms with Crippen LogP contribution in [-0.2, 0) is 9.53 Å². The molecule has 3 heteroatoms. The molecule has 1 aliphatic rings. The van der Waals surface area contributed by atoms with E-state index in [1.54, 1.807) is 0 Å². The van der Waals surface area contributed by atoms with Gasteiger partial charge in [0.15, 0.2) is 0 Å². The standard InChI is InChI=1S/C13H25NO2/c1-9(14-10(2)11-6-7-11)8-12(15)16-13(3,4)5/h9-11,14H,6-8H2,1-5H3. The Balaban J connectivity index is 2.22. The summed E-state index contributed by atoms with van der Waals surface area (Å²) < 4.78 is 5.29. The first-order valence-corrected chi connectivity index (χ1v) is 6.26. The highest BCUT2D eigenvalue weighted by Gasteiger charge is 2.29. The van der Waals surface area contributed by atoms with Crippen molar-refractivity contribution in [2.75, 3.05) is 0 Å². The molecule has 0 radical (unpaired) electrons. The van der Waals surface area contributed by atoms with Crippen molar-refractivity contribution in [1.29, 1.82) is 0 Å². The van der Waals surface area contributed by atoms with E-state index in [0.29, 0.717) is 12.5 Å². The molecular formula is C13H25NO2. The van der Waals surface area contributed by atoms with Gasteiger partial charge in [0.1, 0.15) is 5.60 Å². The summed E-state index contributed by atoms with van der Waals surface area (Å²) in [5, 5.41) is 3.46. The van der Waals surface area contributed by atoms with Crippen molar-refractivity contribution in [3.05, 3.63) is 0 Å². The lowest BCUT2D eigenvalue weighted by atomic mass is 10.1. The van der Waals surface area contributed by atoms with Gasteiger partial charge in [0.25, 0.3) is 0 Å². The van der Waals surface area contributed by atoms with Crippen molar-refractivity contribution in [2.45, 2.75) is 71.6 Å². The molecule has 3 nitrogen and oxygen atoms in total. The van der Waals surface area contributed by atoms with Crippen molar-refractivity contribution >= 4 is 5.97 Å². The topological polar surface area (TPSA) is 38.3 Å². The van der Waals surface area contributed by atoms with Crippen molar-refractivity contribution in [2.24, 2.45) is 5.92 Å². The van der Waals surface area contributed by atoms with E-state index in [0.717, 1.165) is 5.92 Å². The maximum atomic E-state index is 11.6. The molecule has 2 atom stereocenters. The Bertz CT molecular complexity index is 241. The van der Waals surface area contributed by atoms with E-state index in [1.807, 2.05) is 27.7 Å². The lowest BCUT2D eigenvalue weighted by Crippen LogP contribution is -2.38. The minimum absolute atomic E-state index is 0.115. The number of carbonyl (C=O) groups is 1. The van der Waals surface area contributed by atoms with Crippen LogP contribution in [0, 0.1) is 5.92 Å². The van der Waals surface area contributed by atoms with E-state index in [2.05, 4.69) is 12.2 Å². The summed E-state index contributed by atoms with van der Waals surface area (Å²) in [6.07, 6.45) is 3.11. The SMILES string of the molecule is CC(CC(=O)OC(C)(C)C)NC(C)C1CC1. The molecule has 0 bridgehead atoms. The Hall–Kier alpha value is -0.570. The molecule has 94 valence electrons. The molecule has 16 heavy (non-hydrogen) atoms. The average Bonchev–Trinajstić information content (AvgIpc) is 2.79. The molecule has 0 spiro atoms. The monoisotopic (exact) mass is 227 g/mol. The van der Waals surface area contributed by atoms with E-state index in [-0.39, 0.29) is 17.6 Å². The number of nitrogens with one attached hydrogen (secondary N) is 1.